The van der Waals surface area contributed by atoms with Gasteiger partial charge in [-0.2, -0.15) is 0 Å². The van der Waals surface area contributed by atoms with Crippen molar-refractivity contribution in [3.05, 3.63) is 48.2 Å². The van der Waals surface area contributed by atoms with Crippen LogP contribution in [-0.2, 0) is 9.53 Å². The Labute approximate surface area is 156 Å². The van der Waals surface area contributed by atoms with E-state index in [1.807, 2.05) is 18.2 Å². The number of methoxy groups -OCH3 is 1. The van der Waals surface area contributed by atoms with E-state index in [0.717, 1.165) is 5.82 Å². The number of amides is 1. The molecule has 0 atom stereocenters. The van der Waals surface area contributed by atoms with Crippen LogP contribution in [-0.4, -0.2) is 66.8 Å². The first-order valence-corrected chi connectivity index (χ1v) is 8.56. The summed E-state index contributed by atoms with van der Waals surface area (Å²) in [5, 5.41) is 9.79. The van der Waals surface area contributed by atoms with Gasteiger partial charge in [-0.05, 0) is 30.3 Å². The van der Waals surface area contributed by atoms with Gasteiger partial charge >= 0.3 is 5.97 Å². The second-order valence-electron chi connectivity index (χ2n) is 6.01. The molecule has 0 unspecified atom stereocenters. The van der Waals surface area contributed by atoms with Crippen LogP contribution in [0.15, 0.2) is 42.6 Å². The molecule has 142 valence electrons. The Bertz CT molecular complexity index is 804. The van der Waals surface area contributed by atoms with Crippen molar-refractivity contribution in [1.82, 2.24) is 9.88 Å². The summed E-state index contributed by atoms with van der Waals surface area (Å²) < 4.78 is 10.1. The van der Waals surface area contributed by atoms with Crippen molar-refractivity contribution in [1.29, 1.82) is 0 Å². The number of nitrogens with zero attached hydrogens (tertiary/aromatic N) is 3. The number of hydrogen-bond acceptors (Lipinski definition) is 7. The van der Waals surface area contributed by atoms with Gasteiger partial charge in [0.25, 0.3) is 5.91 Å². The van der Waals surface area contributed by atoms with Gasteiger partial charge in [-0.25, -0.2) is 9.78 Å². The minimum Gasteiger partial charge on any atom is -0.507 e. The second kappa shape index (κ2) is 8.39. The standard InChI is InChI=1S/C19H21N3O5/c1-26-14-5-6-16(23)15(12-14)19(25)27-13-18(24)22-10-8-21(9-11-22)17-4-2-3-7-20-17/h2-7,12,23H,8-11,13H2,1H3. The van der Waals surface area contributed by atoms with Crippen LogP contribution < -0.4 is 9.64 Å². The third-order valence-electron chi connectivity index (χ3n) is 4.36. The summed E-state index contributed by atoms with van der Waals surface area (Å²) in [6.07, 6.45) is 1.74. The SMILES string of the molecule is COc1ccc(O)c(C(=O)OCC(=O)N2CCN(c3ccccn3)CC2)c1. The number of piperazine rings is 1. The lowest BCUT2D eigenvalue weighted by molar-refractivity contribution is -0.134. The van der Waals surface area contributed by atoms with E-state index >= 15 is 0 Å². The minimum absolute atomic E-state index is 0.0397. The van der Waals surface area contributed by atoms with Crippen LogP contribution in [0.25, 0.3) is 0 Å². The Kier molecular flexibility index (Phi) is 5.75. The predicted octanol–water partition coefficient (Wildman–Crippen LogP) is 1.30. The van der Waals surface area contributed by atoms with Crippen molar-refractivity contribution in [2.24, 2.45) is 0 Å². The molecule has 1 aromatic heterocycles. The maximum absolute atomic E-state index is 12.3. The molecule has 1 N–H and O–H groups in total. The Morgan fingerprint density at radius 3 is 2.59 bits per heavy atom. The van der Waals surface area contributed by atoms with Crippen molar-refractivity contribution >= 4 is 17.7 Å². The van der Waals surface area contributed by atoms with Gasteiger partial charge < -0.3 is 24.4 Å². The van der Waals surface area contributed by atoms with Gasteiger partial charge in [0.2, 0.25) is 0 Å². The van der Waals surface area contributed by atoms with E-state index in [4.69, 9.17) is 9.47 Å². The third-order valence-corrected chi connectivity index (χ3v) is 4.36. The van der Waals surface area contributed by atoms with E-state index in [-0.39, 0.29) is 23.8 Å². The number of hydrogen-bond donors (Lipinski definition) is 1. The van der Waals surface area contributed by atoms with E-state index in [9.17, 15) is 14.7 Å². The molecule has 1 amide bonds. The first-order chi connectivity index (χ1) is 13.1. The Morgan fingerprint density at radius 1 is 1.15 bits per heavy atom. The molecule has 0 radical (unpaired) electrons. The number of aromatic nitrogens is 1. The highest BCUT2D eigenvalue weighted by Gasteiger charge is 2.23. The van der Waals surface area contributed by atoms with Crippen molar-refractivity contribution in [3.8, 4) is 11.5 Å². The van der Waals surface area contributed by atoms with Crippen molar-refractivity contribution in [2.45, 2.75) is 0 Å². The lowest BCUT2D eigenvalue weighted by Gasteiger charge is -2.35. The van der Waals surface area contributed by atoms with Crippen molar-refractivity contribution < 1.29 is 24.2 Å². The topological polar surface area (TPSA) is 92.2 Å². The van der Waals surface area contributed by atoms with Crippen LogP contribution in [0.1, 0.15) is 10.4 Å². The van der Waals surface area contributed by atoms with Gasteiger partial charge in [0.05, 0.1) is 7.11 Å². The molecule has 1 saturated heterocycles. The molecular weight excluding hydrogens is 350 g/mol. The van der Waals surface area contributed by atoms with E-state index < -0.39 is 5.97 Å². The highest BCUT2D eigenvalue weighted by Crippen LogP contribution is 2.23. The number of phenolic OH excluding ortho intramolecular Hbond substituents is 1. The van der Waals surface area contributed by atoms with Gasteiger partial charge in [-0.1, -0.05) is 6.07 Å². The summed E-state index contributed by atoms with van der Waals surface area (Å²) in [6, 6.07) is 9.95. The molecule has 3 rings (SSSR count). The Balaban J connectivity index is 1.51. The fourth-order valence-electron chi connectivity index (χ4n) is 2.83. The van der Waals surface area contributed by atoms with Crippen molar-refractivity contribution in [3.63, 3.8) is 0 Å². The Morgan fingerprint density at radius 2 is 1.93 bits per heavy atom. The largest absolute Gasteiger partial charge is 0.507 e. The van der Waals surface area contributed by atoms with Gasteiger partial charge in [-0.15, -0.1) is 0 Å². The second-order valence-corrected chi connectivity index (χ2v) is 6.01. The average molecular weight is 371 g/mol. The van der Waals surface area contributed by atoms with Crippen molar-refractivity contribution in [2.75, 3.05) is 44.8 Å². The molecule has 2 aromatic rings. The normalized spacial score (nSPS) is 14.0. The smallest absolute Gasteiger partial charge is 0.342 e. The zero-order valence-electron chi connectivity index (χ0n) is 15.0. The minimum atomic E-state index is -0.771. The summed E-state index contributed by atoms with van der Waals surface area (Å²) in [5.74, 6) is 0.0248. The fourth-order valence-corrected chi connectivity index (χ4v) is 2.83. The van der Waals surface area contributed by atoms with Gasteiger partial charge in [0, 0.05) is 32.4 Å². The quantitative estimate of drug-likeness (QED) is 0.792. The maximum Gasteiger partial charge on any atom is 0.342 e. The highest BCUT2D eigenvalue weighted by molar-refractivity contribution is 5.94. The van der Waals surface area contributed by atoms with Crippen LogP contribution >= 0.6 is 0 Å². The first kappa shape index (κ1) is 18.5. The lowest BCUT2D eigenvalue weighted by atomic mass is 10.2. The highest BCUT2D eigenvalue weighted by atomic mass is 16.5. The molecule has 8 nitrogen and oxygen atoms in total. The molecule has 8 heteroatoms. The number of benzene rings is 1. The number of aromatic hydroxyl groups is 1. The molecule has 0 spiro atoms. The van der Waals surface area contributed by atoms with E-state index in [1.54, 1.807) is 11.1 Å². The predicted molar refractivity (Wildman–Crippen MR) is 98.0 cm³/mol. The summed E-state index contributed by atoms with van der Waals surface area (Å²) >= 11 is 0. The number of rotatable bonds is 5. The van der Waals surface area contributed by atoms with Crippen LogP contribution in [0.3, 0.4) is 0 Å². The van der Waals surface area contributed by atoms with E-state index in [1.165, 1.54) is 25.3 Å². The summed E-state index contributed by atoms with van der Waals surface area (Å²) in [6.45, 7) is 1.99. The molecule has 0 saturated carbocycles. The molecule has 1 aliphatic rings. The average Bonchev–Trinajstić information content (AvgIpc) is 2.73. The molecule has 1 aromatic carbocycles. The fraction of sp³-hybridized carbons (Fsp3) is 0.316. The van der Waals surface area contributed by atoms with Crippen LogP contribution in [0.4, 0.5) is 5.82 Å². The monoisotopic (exact) mass is 371 g/mol. The molecule has 0 aliphatic carbocycles. The van der Waals surface area contributed by atoms with E-state index in [2.05, 4.69) is 9.88 Å². The van der Waals surface area contributed by atoms with E-state index in [0.29, 0.717) is 31.9 Å². The number of phenols is 1. The number of pyridine rings is 1. The molecule has 2 heterocycles. The van der Waals surface area contributed by atoms with Gasteiger partial charge in [0.1, 0.15) is 22.9 Å². The van der Waals surface area contributed by atoms with Gasteiger partial charge in [-0.3, -0.25) is 4.79 Å². The maximum atomic E-state index is 12.3. The summed E-state index contributed by atoms with van der Waals surface area (Å²) in [7, 11) is 1.45. The molecule has 1 aliphatic heterocycles. The lowest BCUT2D eigenvalue weighted by Crippen LogP contribution is -2.50. The number of esters is 1. The number of ether oxygens (including phenoxy) is 2. The molecule has 27 heavy (non-hydrogen) atoms. The molecule has 1 fully saturated rings. The number of carbonyl (C=O) groups is 2. The van der Waals surface area contributed by atoms with Gasteiger partial charge in [0.15, 0.2) is 6.61 Å². The summed E-state index contributed by atoms with van der Waals surface area (Å²) in [5.41, 5.74) is -0.0397. The molecular formula is C19H21N3O5. The zero-order valence-corrected chi connectivity index (χ0v) is 15.0. The first-order valence-electron chi connectivity index (χ1n) is 8.56. The van der Waals surface area contributed by atoms with Crippen LogP contribution in [0.2, 0.25) is 0 Å². The zero-order chi connectivity index (χ0) is 19.2. The Hall–Kier alpha value is -3.29. The number of carbonyl (C=O) groups excluding carboxylic acids is 2. The van der Waals surface area contributed by atoms with Crippen LogP contribution in [0, 0.1) is 0 Å². The number of anilines is 1. The third kappa shape index (κ3) is 4.46. The molecule has 0 bridgehead atoms. The summed E-state index contributed by atoms with van der Waals surface area (Å²) in [4.78, 5) is 32.5. The van der Waals surface area contributed by atoms with Crippen LogP contribution in [0.5, 0.6) is 11.5 Å².